The van der Waals surface area contributed by atoms with Gasteiger partial charge in [-0.2, -0.15) is 16.8 Å². The number of aliphatic hydroxyl groups excluding tert-OH is 2. The van der Waals surface area contributed by atoms with Gasteiger partial charge in [0.05, 0.1) is 23.0 Å². The summed E-state index contributed by atoms with van der Waals surface area (Å²) in [5, 5.41) is 21.2. The summed E-state index contributed by atoms with van der Waals surface area (Å²) in [6, 6.07) is 12.0. The molecule has 2 N–H and O–H groups in total. The van der Waals surface area contributed by atoms with Crippen LogP contribution < -0.4 is 0 Å². The monoisotopic (exact) mass is 530 g/mol. The average Bonchev–Trinajstić information content (AvgIpc) is 3.12. The maximum absolute atomic E-state index is 12.4. The highest BCUT2D eigenvalue weighted by atomic mass is 32.2. The lowest BCUT2D eigenvalue weighted by Crippen LogP contribution is -2.46. The number of rotatable bonds is 10. The van der Waals surface area contributed by atoms with Crippen LogP contribution in [-0.2, 0) is 38.1 Å². The number of aryl methyl sites for hydroxylation is 2. The average molecular weight is 531 g/mol. The summed E-state index contributed by atoms with van der Waals surface area (Å²) in [6.07, 6.45) is -5.49. The van der Waals surface area contributed by atoms with Crippen molar-refractivity contribution in [1.82, 2.24) is 0 Å². The molecule has 194 valence electrons. The van der Waals surface area contributed by atoms with Crippen LogP contribution in [0, 0.1) is 13.8 Å². The van der Waals surface area contributed by atoms with E-state index in [4.69, 9.17) is 17.8 Å². The summed E-state index contributed by atoms with van der Waals surface area (Å²) in [6.45, 7) is 5.33. The molecule has 0 saturated carbocycles. The maximum atomic E-state index is 12.4. The SMILES string of the molecule is Cc1ccc(S(=O)(=O)OC[C@@H](O)[C@H]2OC(C)(C)O[C@@H]2[C@H](O)COS(=O)(=O)c2ccc(C)cc2)cc1. The van der Waals surface area contributed by atoms with E-state index in [-0.39, 0.29) is 9.79 Å². The highest BCUT2D eigenvalue weighted by Gasteiger charge is 2.48. The molecule has 0 aliphatic carbocycles. The van der Waals surface area contributed by atoms with Crippen LogP contribution in [0.5, 0.6) is 0 Å². The third-order valence-electron chi connectivity index (χ3n) is 5.33. The highest BCUT2D eigenvalue weighted by Crippen LogP contribution is 2.32. The first kappa shape index (κ1) is 27.7. The van der Waals surface area contributed by atoms with Crippen LogP contribution in [0.3, 0.4) is 0 Å². The lowest BCUT2D eigenvalue weighted by atomic mass is 10.0. The Morgan fingerprint density at radius 1 is 0.743 bits per heavy atom. The molecule has 4 atom stereocenters. The van der Waals surface area contributed by atoms with Crippen molar-refractivity contribution >= 4 is 20.2 Å². The fourth-order valence-corrected chi connectivity index (χ4v) is 5.31. The summed E-state index contributed by atoms with van der Waals surface area (Å²) in [5.74, 6) is -1.25. The largest absolute Gasteiger partial charge is 0.388 e. The molecule has 2 aromatic carbocycles. The van der Waals surface area contributed by atoms with Gasteiger partial charge in [0.1, 0.15) is 24.4 Å². The zero-order chi connectivity index (χ0) is 26.0. The summed E-state index contributed by atoms with van der Waals surface area (Å²) in [5.41, 5.74) is 1.73. The van der Waals surface area contributed by atoms with Crippen molar-refractivity contribution in [2.24, 2.45) is 0 Å². The Balaban J connectivity index is 1.66. The van der Waals surface area contributed by atoms with Crippen LogP contribution in [0.1, 0.15) is 25.0 Å². The van der Waals surface area contributed by atoms with Crippen LogP contribution in [0.4, 0.5) is 0 Å². The van der Waals surface area contributed by atoms with Gasteiger partial charge in [0, 0.05) is 0 Å². The summed E-state index contributed by atoms with van der Waals surface area (Å²) in [7, 11) is -8.31. The summed E-state index contributed by atoms with van der Waals surface area (Å²) >= 11 is 0. The van der Waals surface area contributed by atoms with E-state index in [9.17, 15) is 27.0 Å². The van der Waals surface area contributed by atoms with Crippen LogP contribution in [0.25, 0.3) is 0 Å². The topological polar surface area (TPSA) is 146 Å². The van der Waals surface area contributed by atoms with E-state index < -0.39 is 63.7 Å². The zero-order valence-corrected chi connectivity index (χ0v) is 21.5. The van der Waals surface area contributed by atoms with Gasteiger partial charge in [0.25, 0.3) is 20.2 Å². The first-order chi connectivity index (χ1) is 16.2. The van der Waals surface area contributed by atoms with Crippen LogP contribution in [-0.4, -0.2) is 70.5 Å². The minimum absolute atomic E-state index is 0.0782. The normalized spacial score (nSPS) is 22.1. The maximum Gasteiger partial charge on any atom is 0.297 e. The smallest absolute Gasteiger partial charge is 0.297 e. The summed E-state index contributed by atoms with van der Waals surface area (Å²) in [4.78, 5) is -0.156. The summed E-state index contributed by atoms with van der Waals surface area (Å²) < 4.78 is 71.0. The van der Waals surface area contributed by atoms with Crippen molar-refractivity contribution in [3.8, 4) is 0 Å². The van der Waals surface area contributed by atoms with E-state index in [1.807, 2.05) is 0 Å². The Labute approximate surface area is 205 Å². The fraction of sp³-hybridized carbons (Fsp3) is 0.478. The Hall–Kier alpha value is -1.90. The van der Waals surface area contributed by atoms with Crippen molar-refractivity contribution < 1.29 is 44.9 Å². The second-order valence-corrected chi connectivity index (χ2v) is 12.0. The molecule has 1 aliphatic rings. The predicted molar refractivity (Wildman–Crippen MR) is 124 cm³/mol. The molecule has 1 saturated heterocycles. The van der Waals surface area contributed by atoms with Crippen LogP contribution >= 0.6 is 0 Å². The Morgan fingerprint density at radius 2 is 1.06 bits per heavy atom. The standard InChI is InChI=1S/C23H30O10S2/c1-15-5-9-17(10-6-15)34(26,27)30-13-19(24)21-22(33-23(3,4)32-21)20(25)14-31-35(28,29)18-11-7-16(2)8-12-18/h5-12,19-22,24-25H,13-14H2,1-4H3/t19-,20-,21-,22-/m1/s1. The van der Waals surface area contributed by atoms with Gasteiger partial charge in [-0.3, -0.25) is 8.37 Å². The van der Waals surface area contributed by atoms with E-state index >= 15 is 0 Å². The molecule has 1 heterocycles. The number of hydrogen-bond donors (Lipinski definition) is 2. The number of hydrogen-bond acceptors (Lipinski definition) is 10. The van der Waals surface area contributed by atoms with Crippen molar-refractivity contribution in [3.63, 3.8) is 0 Å². The molecule has 0 unspecified atom stereocenters. The highest BCUT2D eigenvalue weighted by molar-refractivity contribution is 7.87. The Bertz CT molecular complexity index is 1110. The van der Waals surface area contributed by atoms with Gasteiger partial charge in [-0.25, -0.2) is 0 Å². The molecule has 0 spiro atoms. The number of aliphatic hydroxyl groups is 2. The molecule has 1 aliphatic heterocycles. The van der Waals surface area contributed by atoms with Crippen LogP contribution in [0.2, 0.25) is 0 Å². The first-order valence-electron chi connectivity index (χ1n) is 10.8. The molecule has 35 heavy (non-hydrogen) atoms. The van der Waals surface area contributed by atoms with E-state index in [1.54, 1.807) is 38.1 Å². The molecule has 0 bridgehead atoms. The van der Waals surface area contributed by atoms with Crippen molar-refractivity contribution in [2.75, 3.05) is 13.2 Å². The molecule has 3 rings (SSSR count). The molecule has 0 radical (unpaired) electrons. The Morgan fingerprint density at radius 3 is 1.37 bits per heavy atom. The lowest BCUT2D eigenvalue weighted by Gasteiger charge is -2.25. The minimum Gasteiger partial charge on any atom is -0.388 e. The lowest BCUT2D eigenvalue weighted by molar-refractivity contribution is -0.162. The first-order valence-corrected chi connectivity index (χ1v) is 13.7. The molecule has 0 aromatic heterocycles. The van der Waals surface area contributed by atoms with E-state index in [0.717, 1.165) is 11.1 Å². The molecule has 0 amide bonds. The molecular formula is C23H30O10S2. The third kappa shape index (κ3) is 7.08. The van der Waals surface area contributed by atoms with E-state index in [2.05, 4.69) is 0 Å². The van der Waals surface area contributed by atoms with E-state index in [1.165, 1.54) is 38.1 Å². The van der Waals surface area contributed by atoms with Crippen molar-refractivity contribution in [2.45, 2.75) is 67.7 Å². The third-order valence-corrected chi connectivity index (χ3v) is 7.92. The van der Waals surface area contributed by atoms with E-state index in [0.29, 0.717) is 0 Å². The molecule has 2 aromatic rings. The van der Waals surface area contributed by atoms with Gasteiger partial charge in [-0.05, 0) is 52.0 Å². The van der Waals surface area contributed by atoms with Gasteiger partial charge >= 0.3 is 0 Å². The van der Waals surface area contributed by atoms with Gasteiger partial charge < -0.3 is 19.7 Å². The Kier molecular flexibility index (Phi) is 8.39. The molecule has 1 fully saturated rings. The minimum atomic E-state index is -4.15. The van der Waals surface area contributed by atoms with Crippen LogP contribution in [0.15, 0.2) is 58.3 Å². The second kappa shape index (κ2) is 10.6. The molecular weight excluding hydrogens is 500 g/mol. The zero-order valence-electron chi connectivity index (χ0n) is 19.8. The number of benzene rings is 2. The fourth-order valence-electron chi connectivity index (χ4n) is 3.47. The van der Waals surface area contributed by atoms with Crippen molar-refractivity contribution in [3.05, 3.63) is 59.7 Å². The van der Waals surface area contributed by atoms with Gasteiger partial charge in [-0.15, -0.1) is 0 Å². The predicted octanol–water partition coefficient (Wildman–Crippen LogP) is 1.66. The second-order valence-electron chi connectivity index (χ2n) is 8.80. The molecule has 12 heteroatoms. The van der Waals surface area contributed by atoms with Crippen molar-refractivity contribution in [1.29, 1.82) is 0 Å². The quantitative estimate of drug-likeness (QED) is 0.435. The number of ether oxygens (including phenoxy) is 2. The van der Waals surface area contributed by atoms with Gasteiger partial charge in [0.15, 0.2) is 5.79 Å². The van der Waals surface area contributed by atoms with Gasteiger partial charge in [-0.1, -0.05) is 35.4 Å². The molecule has 10 nitrogen and oxygen atoms in total. The van der Waals surface area contributed by atoms with Gasteiger partial charge in [0.2, 0.25) is 0 Å².